The highest BCUT2D eigenvalue weighted by molar-refractivity contribution is 6.33. The van der Waals surface area contributed by atoms with Crippen LogP contribution in [0.2, 0.25) is 5.02 Å². The standard InChI is InChI=1S/C15H8ClF3N2O/c16-12-9(7-20)3-6-11-13(12)22-14(21-11)8-1-4-10(5-2-8)15(17,18)19/h1-6,14,21H. The van der Waals surface area contributed by atoms with Crippen molar-refractivity contribution in [1.29, 1.82) is 5.26 Å². The third kappa shape index (κ3) is 2.44. The van der Waals surface area contributed by atoms with Crippen molar-refractivity contribution in [2.75, 3.05) is 5.32 Å². The van der Waals surface area contributed by atoms with Crippen molar-refractivity contribution in [2.45, 2.75) is 12.4 Å². The lowest BCUT2D eigenvalue weighted by Crippen LogP contribution is -2.11. The van der Waals surface area contributed by atoms with Crippen molar-refractivity contribution >= 4 is 17.3 Å². The minimum Gasteiger partial charge on any atom is -0.463 e. The van der Waals surface area contributed by atoms with E-state index in [0.717, 1.165) is 12.1 Å². The maximum Gasteiger partial charge on any atom is 0.416 e. The smallest absolute Gasteiger partial charge is 0.416 e. The van der Waals surface area contributed by atoms with Gasteiger partial charge in [0.05, 0.1) is 16.8 Å². The van der Waals surface area contributed by atoms with Crippen molar-refractivity contribution in [3.63, 3.8) is 0 Å². The summed E-state index contributed by atoms with van der Waals surface area (Å²) < 4.78 is 43.3. The number of halogens is 4. The van der Waals surface area contributed by atoms with E-state index in [4.69, 9.17) is 21.6 Å². The number of anilines is 1. The molecule has 1 aliphatic rings. The first kappa shape index (κ1) is 14.5. The van der Waals surface area contributed by atoms with E-state index >= 15 is 0 Å². The second-order valence-corrected chi connectivity index (χ2v) is 5.06. The average Bonchev–Trinajstić information content (AvgIpc) is 2.92. The van der Waals surface area contributed by atoms with Gasteiger partial charge >= 0.3 is 6.18 Å². The first-order valence-corrected chi connectivity index (χ1v) is 6.61. The zero-order valence-electron chi connectivity index (χ0n) is 10.9. The van der Waals surface area contributed by atoms with Crippen LogP contribution in [-0.4, -0.2) is 0 Å². The van der Waals surface area contributed by atoms with E-state index in [9.17, 15) is 13.2 Å². The van der Waals surface area contributed by atoms with Crippen LogP contribution in [-0.2, 0) is 6.18 Å². The van der Waals surface area contributed by atoms with Crippen LogP contribution >= 0.6 is 11.6 Å². The Morgan fingerprint density at radius 3 is 2.41 bits per heavy atom. The Morgan fingerprint density at radius 2 is 1.82 bits per heavy atom. The topological polar surface area (TPSA) is 45.0 Å². The maximum atomic E-state index is 12.6. The molecule has 7 heteroatoms. The number of hydrogen-bond donors (Lipinski definition) is 1. The van der Waals surface area contributed by atoms with Crippen LogP contribution in [0.1, 0.15) is 22.9 Å². The van der Waals surface area contributed by atoms with Crippen LogP contribution in [0.4, 0.5) is 18.9 Å². The quantitative estimate of drug-likeness (QED) is 0.824. The highest BCUT2D eigenvalue weighted by Gasteiger charge is 2.31. The highest BCUT2D eigenvalue weighted by Crippen LogP contribution is 2.44. The average molecular weight is 325 g/mol. The lowest BCUT2D eigenvalue weighted by Gasteiger charge is -2.13. The van der Waals surface area contributed by atoms with Gasteiger partial charge in [-0.05, 0) is 24.3 Å². The van der Waals surface area contributed by atoms with E-state index < -0.39 is 18.0 Å². The molecule has 1 aliphatic heterocycles. The first-order valence-electron chi connectivity index (χ1n) is 6.23. The molecule has 0 spiro atoms. The summed E-state index contributed by atoms with van der Waals surface area (Å²) in [7, 11) is 0. The zero-order valence-corrected chi connectivity index (χ0v) is 11.7. The molecule has 1 heterocycles. The summed E-state index contributed by atoms with van der Waals surface area (Å²) in [6.45, 7) is 0. The molecule has 0 saturated carbocycles. The predicted octanol–water partition coefficient (Wildman–Crippen LogP) is 4.73. The third-order valence-corrected chi connectivity index (χ3v) is 3.66. The Kier molecular flexibility index (Phi) is 3.38. The fourth-order valence-electron chi connectivity index (χ4n) is 2.16. The molecule has 0 amide bonds. The molecule has 1 atom stereocenters. The van der Waals surface area contributed by atoms with Gasteiger partial charge in [-0.15, -0.1) is 0 Å². The Labute approximate surface area is 128 Å². The van der Waals surface area contributed by atoms with Crippen molar-refractivity contribution < 1.29 is 17.9 Å². The molecule has 2 aromatic rings. The van der Waals surface area contributed by atoms with Gasteiger partial charge in [-0.1, -0.05) is 23.7 Å². The Hall–Kier alpha value is -2.39. The number of hydrogen-bond acceptors (Lipinski definition) is 3. The third-order valence-electron chi connectivity index (χ3n) is 3.28. The lowest BCUT2D eigenvalue weighted by molar-refractivity contribution is -0.137. The minimum absolute atomic E-state index is 0.182. The van der Waals surface area contributed by atoms with E-state index in [-0.39, 0.29) is 10.6 Å². The molecule has 0 radical (unpaired) electrons. The summed E-state index contributed by atoms with van der Waals surface area (Å²) in [5.41, 5.74) is 0.666. The molecule has 0 bridgehead atoms. The molecule has 22 heavy (non-hydrogen) atoms. The molecule has 3 nitrogen and oxygen atoms in total. The van der Waals surface area contributed by atoms with Gasteiger partial charge in [-0.3, -0.25) is 0 Å². The number of nitrogens with zero attached hydrogens (tertiary/aromatic N) is 1. The maximum absolute atomic E-state index is 12.6. The van der Waals surface area contributed by atoms with Crippen molar-refractivity contribution in [3.8, 4) is 11.8 Å². The molecular weight excluding hydrogens is 317 g/mol. The van der Waals surface area contributed by atoms with Gasteiger partial charge in [0.2, 0.25) is 0 Å². The molecule has 1 N–H and O–H groups in total. The van der Waals surface area contributed by atoms with Crippen LogP contribution in [0.5, 0.6) is 5.75 Å². The molecule has 112 valence electrons. The number of fused-ring (bicyclic) bond motifs is 1. The molecule has 0 aliphatic carbocycles. The highest BCUT2D eigenvalue weighted by atomic mass is 35.5. The summed E-state index contributed by atoms with van der Waals surface area (Å²) in [5, 5.41) is 12.1. The van der Waals surface area contributed by atoms with Crippen LogP contribution in [0, 0.1) is 11.3 Å². The predicted molar refractivity (Wildman–Crippen MR) is 74.6 cm³/mol. The van der Waals surface area contributed by atoms with Gasteiger partial charge in [0, 0.05) is 5.56 Å². The number of nitriles is 1. The van der Waals surface area contributed by atoms with Gasteiger partial charge in [-0.25, -0.2) is 0 Å². The summed E-state index contributed by atoms with van der Waals surface area (Å²) in [5.74, 6) is 0.325. The molecule has 0 fully saturated rings. The fraction of sp³-hybridized carbons (Fsp3) is 0.133. The van der Waals surface area contributed by atoms with Crippen molar-refractivity contribution in [3.05, 3.63) is 58.1 Å². The number of rotatable bonds is 1. The number of alkyl halides is 3. The summed E-state index contributed by atoms with van der Waals surface area (Å²) in [4.78, 5) is 0. The molecule has 2 aromatic carbocycles. The number of ether oxygens (including phenoxy) is 1. The SMILES string of the molecule is N#Cc1ccc2c(c1Cl)OC(c1ccc(C(F)(F)F)cc1)N2. The van der Waals surface area contributed by atoms with Crippen molar-refractivity contribution in [2.24, 2.45) is 0 Å². The van der Waals surface area contributed by atoms with Crippen molar-refractivity contribution in [1.82, 2.24) is 0 Å². The molecular formula is C15H8ClF3N2O. The number of benzene rings is 2. The Balaban J connectivity index is 1.87. The molecule has 0 aromatic heterocycles. The minimum atomic E-state index is -4.38. The second-order valence-electron chi connectivity index (χ2n) is 4.68. The van der Waals surface area contributed by atoms with E-state index in [0.29, 0.717) is 17.0 Å². The fourth-order valence-corrected chi connectivity index (χ4v) is 2.41. The van der Waals surface area contributed by atoms with Gasteiger partial charge in [0.25, 0.3) is 0 Å². The van der Waals surface area contributed by atoms with Crippen LogP contribution in [0.3, 0.4) is 0 Å². The van der Waals surface area contributed by atoms with Crippen LogP contribution < -0.4 is 10.1 Å². The normalized spacial score (nSPS) is 16.4. The lowest BCUT2D eigenvalue weighted by atomic mass is 10.1. The zero-order chi connectivity index (χ0) is 15.9. The number of nitrogens with one attached hydrogen (secondary N) is 1. The largest absolute Gasteiger partial charge is 0.463 e. The van der Waals surface area contributed by atoms with Crippen LogP contribution in [0.25, 0.3) is 0 Å². The summed E-state index contributed by atoms with van der Waals surface area (Å²) >= 11 is 6.06. The molecule has 3 rings (SSSR count). The molecule has 1 unspecified atom stereocenters. The second kappa shape index (κ2) is 5.11. The summed E-state index contributed by atoms with van der Waals surface area (Å²) in [6, 6.07) is 9.79. The van der Waals surface area contributed by atoms with E-state index in [1.165, 1.54) is 12.1 Å². The van der Waals surface area contributed by atoms with E-state index in [1.807, 2.05) is 6.07 Å². The van der Waals surface area contributed by atoms with E-state index in [2.05, 4.69) is 5.32 Å². The first-order chi connectivity index (χ1) is 10.4. The van der Waals surface area contributed by atoms with E-state index in [1.54, 1.807) is 12.1 Å². The van der Waals surface area contributed by atoms with Crippen LogP contribution in [0.15, 0.2) is 36.4 Å². The van der Waals surface area contributed by atoms with Gasteiger partial charge in [0.15, 0.2) is 12.0 Å². The monoisotopic (exact) mass is 324 g/mol. The Bertz CT molecular complexity index is 766. The Morgan fingerprint density at radius 1 is 1.14 bits per heavy atom. The van der Waals surface area contributed by atoms with Gasteiger partial charge in [0.1, 0.15) is 11.1 Å². The van der Waals surface area contributed by atoms with Gasteiger partial charge < -0.3 is 10.1 Å². The van der Waals surface area contributed by atoms with Gasteiger partial charge in [-0.2, -0.15) is 18.4 Å². The molecule has 0 saturated heterocycles. The summed E-state index contributed by atoms with van der Waals surface area (Å²) in [6.07, 6.45) is -5.03.